The number of esters is 3. The summed E-state index contributed by atoms with van der Waals surface area (Å²) in [6, 6.07) is 0. The Morgan fingerprint density at radius 1 is 1.10 bits per heavy atom. The average Bonchev–Trinajstić information content (AvgIpc) is 2.28. The highest BCUT2D eigenvalue weighted by molar-refractivity contribution is 9.09. The van der Waals surface area contributed by atoms with Crippen LogP contribution < -0.4 is 0 Å². The van der Waals surface area contributed by atoms with Crippen LogP contribution in [0.3, 0.4) is 0 Å². The molecule has 0 amide bonds. The maximum absolute atomic E-state index is 11.2. The largest absolute Gasteiger partial charge is 0.463 e. The number of rotatable bonds is 4. The minimum Gasteiger partial charge on any atom is -0.463 e. The van der Waals surface area contributed by atoms with Crippen molar-refractivity contribution in [2.45, 2.75) is 50.5 Å². The second kappa shape index (κ2) is 7.58. The Balaban J connectivity index is 2.82. The third-order valence-corrected chi connectivity index (χ3v) is 3.13. The molecule has 20 heavy (non-hydrogen) atoms. The molecule has 1 rings (SSSR count). The van der Waals surface area contributed by atoms with Gasteiger partial charge < -0.3 is 18.9 Å². The van der Waals surface area contributed by atoms with Crippen LogP contribution in [0.5, 0.6) is 0 Å². The molecule has 0 unspecified atom stereocenters. The molecule has 0 radical (unpaired) electrons. The highest BCUT2D eigenvalue weighted by Gasteiger charge is 2.42. The van der Waals surface area contributed by atoms with E-state index < -0.39 is 36.2 Å². The molecule has 1 aliphatic rings. The van der Waals surface area contributed by atoms with E-state index in [4.69, 9.17) is 18.9 Å². The predicted molar refractivity (Wildman–Crippen MR) is 69.9 cm³/mol. The van der Waals surface area contributed by atoms with Crippen LogP contribution >= 0.6 is 15.9 Å². The summed E-state index contributed by atoms with van der Waals surface area (Å²) in [7, 11) is 0. The van der Waals surface area contributed by atoms with Gasteiger partial charge in [0.2, 0.25) is 0 Å². The van der Waals surface area contributed by atoms with Gasteiger partial charge in [-0.2, -0.15) is 0 Å². The number of hydrogen-bond acceptors (Lipinski definition) is 7. The second-order valence-corrected chi connectivity index (χ2v) is 5.37. The topological polar surface area (TPSA) is 88.1 Å². The molecule has 1 aliphatic heterocycles. The van der Waals surface area contributed by atoms with Gasteiger partial charge in [0.05, 0.1) is 0 Å². The smallest absolute Gasteiger partial charge is 0.303 e. The van der Waals surface area contributed by atoms with E-state index in [1.165, 1.54) is 20.8 Å². The lowest BCUT2D eigenvalue weighted by molar-refractivity contribution is -0.203. The van der Waals surface area contributed by atoms with Gasteiger partial charge in [-0.3, -0.25) is 14.4 Å². The van der Waals surface area contributed by atoms with E-state index >= 15 is 0 Å². The Morgan fingerprint density at radius 3 is 2.20 bits per heavy atom. The van der Waals surface area contributed by atoms with Crippen molar-refractivity contribution < 1.29 is 33.3 Å². The quantitative estimate of drug-likeness (QED) is 0.422. The van der Waals surface area contributed by atoms with Gasteiger partial charge in [0.25, 0.3) is 0 Å². The summed E-state index contributed by atoms with van der Waals surface area (Å²) in [4.78, 5) is 33.2. The van der Waals surface area contributed by atoms with E-state index in [-0.39, 0.29) is 11.6 Å². The molecule has 0 spiro atoms. The Bertz CT molecular complexity index is 384. The van der Waals surface area contributed by atoms with Crippen LogP contribution in [0.1, 0.15) is 27.2 Å². The zero-order valence-corrected chi connectivity index (χ0v) is 13.0. The molecule has 4 atom stereocenters. The summed E-state index contributed by atoms with van der Waals surface area (Å²) >= 11 is 3.27. The molecule has 0 saturated carbocycles. The maximum atomic E-state index is 11.2. The van der Waals surface area contributed by atoms with Gasteiger partial charge in [0.1, 0.15) is 23.8 Å². The fourth-order valence-corrected chi connectivity index (χ4v) is 2.53. The van der Waals surface area contributed by atoms with E-state index in [1.807, 2.05) is 0 Å². The van der Waals surface area contributed by atoms with Crippen molar-refractivity contribution in [2.75, 3.05) is 6.61 Å². The van der Waals surface area contributed by atoms with Crippen molar-refractivity contribution in [1.29, 1.82) is 0 Å². The number of halogens is 1. The minimum atomic E-state index is -0.815. The fraction of sp³-hybridized carbons (Fsp3) is 0.750. The average molecular weight is 353 g/mol. The third kappa shape index (κ3) is 5.46. The van der Waals surface area contributed by atoms with Gasteiger partial charge in [-0.15, -0.1) is 0 Å². The number of alkyl halides is 1. The first kappa shape index (κ1) is 16.9. The fourth-order valence-electron chi connectivity index (χ4n) is 1.88. The normalized spacial score (nSPS) is 29.4. The lowest BCUT2D eigenvalue weighted by Gasteiger charge is -2.38. The number of ether oxygens (including phenoxy) is 4. The molecule has 0 aromatic rings. The van der Waals surface area contributed by atoms with Gasteiger partial charge in [0.15, 0.2) is 6.10 Å². The summed E-state index contributed by atoms with van der Waals surface area (Å²) < 4.78 is 20.7. The highest BCUT2D eigenvalue weighted by Crippen LogP contribution is 2.28. The Morgan fingerprint density at radius 2 is 1.70 bits per heavy atom. The Kier molecular flexibility index (Phi) is 6.41. The molecule has 0 aromatic heterocycles. The van der Waals surface area contributed by atoms with Crippen LogP contribution in [0.2, 0.25) is 0 Å². The Labute approximate surface area is 125 Å². The van der Waals surface area contributed by atoms with Crippen molar-refractivity contribution in [3.63, 3.8) is 0 Å². The molecule has 0 aromatic carbocycles. The van der Waals surface area contributed by atoms with Crippen molar-refractivity contribution in [1.82, 2.24) is 0 Å². The molecule has 1 saturated heterocycles. The summed E-state index contributed by atoms with van der Waals surface area (Å²) in [5.74, 6) is -1.49. The van der Waals surface area contributed by atoms with Crippen LogP contribution in [-0.4, -0.2) is 47.8 Å². The van der Waals surface area contributed by atoms with E-state index in [0.29, 0.717) is 6.42 Å². The minimum absolute atomic E-state index is 0.0901. The second-order valence-electron chi connectivity index (χ2n) is 4.34. The maximum Gasteiger partial charge on any atom is 0.303 e. The van der Waals surface area contributed by atoms with Crippen LogP contribution in [0.4, 0.5) is 0 Å². The number of hydrogen-bond donors (Lipinski definition) is 0. The molecule has 114 valence electrons. The molecule has 0 bridgehead atoms. The SMILES string of the molecule is CC(=O)OC[C@H]1O[C@H](Br)C[C@@H](OC(C)=O)[C@@H]1OC(C)=O. The van der Waals surface area contributed by atoms with Crippen molar-refractivity contribution in [3.05, 3.63) is 0 Å². The zero-order valence-electron chi connectivity index (χ0n) is 11.5. The van der Waals surface area contributed by atoms with Crippen molar-refractivity contribution >= 4 is 33.8 Å². The molecular weight excluding hydrogens is 336 g/mol. The van der Waals surface area contributed by atoms with Crippen LogP contribution in [0.15, 0.2) is 0 Å². The van der Waals surface area contributed by atoms with Gasteiger partial charge in [-0.25, -0.2) is 0 Å². The molecular formula is C12H17BrO7. The molecule has 1 heterocycles. The monoisotopic (exact) mass is 352 g/mol. The first-order chi connectivity index (χ1) is 9.29. The molecule has 0 N–H and O–H groups in total. The van der Waals surface area contributed by atoms with Crippen LogP contribution in [0, 0.1) is 0 Å². The zero-order chi connectivity index (χ0) is 15.3. The number of carbonyl (C=O) groups is 3. The van der Waals surface area contributed by atoms with Gasteiger partial charge in [0, 0.05) is 27.2 Å². The van der Waals surface area contributed by atoms with E-state index in [1.54, 1.807) is 0 Å². The third-order valence-electron chi connectivity index (χ3n) is 2.54. The first-order valence-electron chi connectivity index (χ1n) is 6.07. The summed E-state index contributed by atoms with van der Waals surface area (Å²) in [6.07, 6.45) is -1.85. The molecule has 7 nitrogen and oxygen atoms in total. The van der Waals surface area contributed by atoms with Crippen LogP contribution in [-0.2, 0) is 33.3 Å². The van der Waals surface area contributed by atoms with Crippen molar-refractivity contribution in [3.8, 4) is 0 Å². The van der Waals surface area contributed by atoms with E-state index in [0.717, 1.165) is 0 Å². The standard InChI is InChI=1S/C12H17BrO7/c1-6(14)17-5-10-12(19-8(3)16)9(18-7(2)15)4-11(13)20-10/h9-12H,4-5H2,1-3H3/t9-,10-,11+,12+/m1/s1. The highest BCUT2D eigenvalue weighted by atomic mass is 79.9. The molecule has 8 heteroatoms. The lowest BCUT2D eigenvalue weighted by atomic mass is 10.0. The molecule has 1 fully saturated rings. The summed E-state index contributed by atoms with van der Waals surface area (Å²) in [5.41, 5.74) is 0. The van der Waals surface area contributed by atoms with Gasteiger partial charge >= 0.3 is 17.9 Å². The molecule has 0 aliphatic carbocycles. The van der Waals surface area contributed by atoms with Gasteiger partial charge in [-0.05, 0) is 0 Å². The number of carbonyl (C=O) groups excluding carboxylic acids is 3. The predicted octanol–water partition coefficient (Wildman–Crippen LogP) is 0.923. The summed E-state index contributed by atoms with van der Waals surface area (Å²) in [6.45, 7) is 3.69. The van der Waals surface area contributed by atoms with Crippen molar-refractivity contribution in [2.24, 2.45) is 0 Å². The lowest BCUT2D eigenvalue weighted by Crippen LogP contribution is -2.52. The van der Waals surface area contributed by atoms with E-state index in [2.05, 4.69) is 15.9 Å². The first-order valence-corrected chi connectivity index (χ1v) is 6.98. The van der Waals surface area contributed by atoms with Crippen LogP contribution in [0.25, 0.3) is 0 Å². The van der Waals surface area contributed by atoms with Gasteiger partial charge in [-0.1, -0.05) is 15.9 Å². The van der Waals surface area contributed by atoms with E-state index in [9.17, 15) is 14.4 Å². The summed E-state index contributed by atoms with van der Waals surface area (Å²) in [5, 5.41) is -0.390. The Hall–Kier alpha value is -1.15.